The Kier molecular flexibility index (Phi) is 7.19. The molecule has 6 nitrogen and oxygen atoms in total. The van der Waals surface area contributed by atoms with Crippen LogP contribution in [0.5, 0.6) is 0 Å². The first-order chi connectivity index (χ1) is 14.6. The van der Waals surface area contributed by atoms with Crippen molar-refractivity contribution < 1.29 is 22.5 Å². The van der Waals surface area contributed by atoms with Crippen molar-refractivity contribution in [3.8, 4) is 0 Å². The summed E-state index contributed by atoms with van der Waals surface area (Å²) in [4.78, 5) is 14.6. The highest BCUT2D eigenvalue weighted by atomic mass is 32.2. The quantitative estimate of drug-likeness (QED) is 0.568. The fraction of sp³-hybridized carbons (Fsp3) is 0.458. The molecule has 0 radical (unpaired) electrons. The third-order valence-electron chi connectivity index (χ3n) is 6.57. The molecular formula is C24H31NO5S. The minimum atomic E-state index is -4.02. The van der Waals surface area contributed by atoms with Gasteiger partial charge in [-0.3, -0.25) is 14.2 Å². The lowest BCUT2D eigenvalue weighted by Gasteiger charge is -2.41. The number of esters is 1. The molecule has 2 aromatic carbocycles. The van der Waals surface area contributed by atoms with Crippen molar-refractivity contribution in [2.45, 2.75) is 56.0 Å². The number of benzene rings is 2. The van der Waals surface area contributed by atoms with E-state index in [4.69, 9.17) is 9.29 Å². The van der Waals surface area contributed by atoms with E-state index in [1.165, 1.54) is 36.8 Å². The minimum absolute atomic E-state index is 0.0218. The summed E-state index contributed by atoms with van der Waals surface area (Å²) in [5, 5.41) is 0. The monoisotopic (exact) mass is 445 g/mol. The van der Waals surface area contributed by atoms with Gasteiger partial charge in [0.1, 0.15) is 0 Å². The molecule has 0 aliphatic carbocycles. The Morgan fingerprint density at radius 1 is 1.00 bits per heavy atom. The highest BCUT2D eigenvalue weighted by Gasteiger charge is 2.49. The van der Waals surface area contributed by atoms with Crippen LogP contribution in [0.3, 0.4) is 0 Å². The van der Waals surface area contributed by atoms with Gasteiger partial charge >= 0.3 is 5.97 Å². The molecular weight excluding hydrogens is 414 g/mol. The zero-order valence-electron chi connectivity index (χ0n) is 18.5. The molecule has 2 aliphatic rings. The Balaban J connectivity index is 0.000000210. The molecule has 2 aromatic rings. The highest BCUT2D eigenvalue weighted by Crippen LogP contribution is 2.46. The molecule has 31 heavy (non-hydrogen) atoms. The van der Waals surface area contributed by atoms with E-state index in [0.717, 1.165) is 18.4 Å². The summed E-state index contributed by atoms with van der Waals surface area (Å²) >= 11 is 0. The second-order valence-electron chi connectivity index (χ2n) is 8.55. The molecule has 0 spiro atoms. The number of carbonyl (C=O) groups is 1. The van der Waals surface area contributed by atoms with Crippen LogP contribution in [0.4, 0.5) is 0 Å². The SMILES string of the molecule is COC(=O)[C@@H]1C2CCC(C[C@H]1c1ccc(C)cc1)N2C.Cc1ccc(S(=O)(=O)O)cc1. The largest absolute Gasteiger partial charge is 0.469 e. The minimum Gasteiger partial charge on any atom is -0.469 e. The van der Waals surface area contributed by atoms with E-state index < -0.39 is 10.1 Å². The molecule has 2 fully saturated rings. The Labute approximate surface area is 185 Å². The standard InChI is InChI=1S/C17H23NO2.C7H8O3S/c1-11-4-6-12(7-5-11)14-10-13-8-9-15(18(13)2)16(14)17(19)20-3;1-6-2-4-7(5-3-6)11(8,9)10/h4-7,13-16H,8-10H2,1-3H3;2-5H,1H3,(H,8,9,10)/t13?,14-,15?,16-;/m0./s1. The van der Waals surface area contributed by atoms with Gasteiger partial charge in [-0.15, -0.1) is 0 Å². The molecule has 7 heteroatoms. The molecule has 0 aromatic heterocycles. The second kappa shape index (κ2) is 9.51. The Hall–Kier alpha value is -2.22. The smallest absolute Gasteiger partial charge is 0.310 e. The first-order valence-corrected chi connectivity index (χ1v) is 12.0. The van der Waals surface area contributed by atoms with E-state index in [2.05, 4.69) is 43.1 Å². The number of hydrogen-bond acceptors (Lipinski definition) is 5. The summed E-state index contributed by atoms with van der Waals surface area (Å²) in [5.41, 5.74) is 3.51. The molecule has 4 atom stereocenters. The number of rotatable bonds is 3. The predicted octanol–water partition coefficient (Wildman–Crippen LogP) is 3.98. The zero-order valence-corrected chi connectivity index (χ0v) is 19.3. The van der Waals surface area contributed by atoms with Gasteiger partial charge in [-0.25, -0.2) is 0 Å². The number of aryl methyl sites for hydroxylation is 2. The molecule has 0 saturated carbocycles. The topological polar surface area (TPSA) is 83.9 Å². The van der Waals surface area contributed by atoms with Crippen molar-refractivity contribution in [2.75, 3.05) is 14.2 Å². The van der Waals surface area contributed by atoms with Crippen LogP contribution in [0.25, 0.3) is 0 Å². The number of ether oxygens (including phenoxy) is 1. The van der Waals surface area contributed by atoms with Crippen LogP contribution < -0.4 is 0 Å². The van der Waals surface area contributed by atoms with Gasteiger partial charge in [0.2, 0.25) is 0 Å². The van der Waals surface area contributed by atoms with Gasteiger partial charge in [-0.05, 0) is 57.9 Å². The van der Waals surface area contributed by atoms with Crippen molar-refractivity contribution in [1.82, 2.24) is 4.90 Å². The van der Waals surface area contributed by atoms with Gasteiger partial charge in [0.05, 0.1) is 17.9 Å². The average Bonchev–Trinajstić information content (AvgIpc) is 2.96. The van der Waals surface area contributed by atoms with E-state index in [9.17, 15) is 13.2 Å². The van der Waals surface area contributed by atoms with Gasteiger partial charge in [0, 0.05) is 18.0 Å². The fourth-order valence-corrected chi connectivity index (χ4v) is 5.27. The fourth-order valence-electron chi connectivity index (χ4n) is 4.79. The predicted molar refractivity (Wildman–Crippen MR) is 120 cm³/mol. The molecule has 168 valence electrons. The van der Waals surface area contributed by atoms with Gasteiger partial charge in [0.15, 0.2) is 0 Å². The third kappa shape index (κ3) is 5.34. The average molecular weight is 446 g/mol. The van der Waals surface area contributed by atoms with Gasteiger partial charge in [-0.1, -0.05) is 47.5 Å². The van der Waals surface area contributed by atoms with Crippen LogP contribution in [0.1, 0.15) is 41.9 Å². The molecule has 2 saturated heterocycles. The van der Waals surface area contributed by atoms with E-state index >= 15 is 0 Å². The van der Waals surface area contributed by atoms with Gasteiger partial charge in [-0.2, -0.15) is 8.42 Å². The normalized spacial score (nSPS) is 25.5. The van der Waals surface area contributed by atoms with Gasteiger partial charge < -0.3 is 4.74 Å². The van der Waals surface area contributed by atoms with Gasteiger partial charge in [0.25, 0.3) is 10.1 Å². The Bertz CT molecular complexity index is 1000. The molecule has 2 aliphatic heterocycles. The number of piperidine rings is 1. The molecule has 2 heterocycles. The lowest BCUT2D eigenvalue weighted by Crippen LogP contribution is -2.49. The molecule has 2 bridgehead atoms. The van der Waals surface area contributed by atoms with Crippen LogP contribution in [-0.4, -0.2) is 50.1 Å². The van der Waals surface area contributed by atoms with Crippen LogP contribution in [0, 0.1) is 19.8 Å². The van der Waals surface area contributed by atoms with E-state index in [1.54, 1.807) is 12.1 Å². The van der Waals surface area contributed by atoms with Crippen molar-refractivity contribution >= 4 is 16.1 Å². The van der Waals surface area contributed by atoms with Crippen molar-refractivity contribution in [3.63, 3.8) is 0 Å². The maximum Gasteiger partial charge on any atom is 0.310 e. The van der Waals surface area contributed by atoms with Crippen molar-refractivity contribution in [3.05, 3.63) is 65.2 Å². The van der Waals surface area contributed by atoms with Crippen LogP contribution in [0.15, 0.2) is 53.4 Å². The van der Waals surface area contributed by atoms with Crippen LogP contribution >= 0.6 is 0 Å². The van der Waals surface area contributed by atoms with E-state index in [1.807, 2.05) is 6.92 Å². The molecule has 2 unspecified atom stereocenters. The van der Waals surface area contributed by atoms with Crippen LogP contribution in [-0.2, 0) is 19.6 Å². The van der Waals surface area contributed by atoms with Crippen LogP contribution in [0.2, 0.25) is 0 Å². The van der Waals surface area contributed by atoms with E-state index in [0.29, 0.717) is 18.0 Å². The third-order valence-corrected chi connectivity index (χ3v) is 7.43. The number of fused-ring (bicyclic) bond motifs is 2. The maximum absolute atomic E-state index is 12.3. The lowest BCUT2D eigenvalue weighted by atomic mass is 9.76. The molecule has 0 amide bonds. The van der Waals surface area contributed by atoms with E-state index in [-0.39, 0.29) is 16.8 Å². The summed E-state index contributed by atoms with van der Waals surface area (Å²) in [7, 11) is -0.354. The second-order valence-corrected chi connectivity index (χ2v) is 9.98. The lowest BCUT2D eigenvalue weighted by molar-refractivity contribution is -0.150. The van der Waals surface area contributed by atoms with Crippen molar-refractivity contribution in [1.29, 1.82) is 0 Å². The Morgan fingerprint density at radius 2 is 1.55 bits per heavy atom. The number of methoxy groups -OCH3 is 1. The Morgan fingerprint density at radius 3 is 2.06 bits per heavy atom. The first-order valence-electron chi connectivity index (χ1n) is 10.5. The van der Waals surface area contributed by atoms with Crippen molar-refractivity contribution in [2.24, 2.45) is 5.92 Å². The zero-order chi connectivity index (χ0) is 22.8. The summed E-state index contributed by atoms with van der Waals surface area (Å²) < 4.78 is 34.7. The molecule has 1 N–H and O–H groups in total. The highest BCUT2D eigenvalue weighted by molar-refractivity contribution is 7.85. The number of hydrogen-bond donors (Lipinski definition) is 1. The summed E-state index contributed by atoms with van der Waals surface area (Å²) in [6.45, 7) is 3.94. The molecule has 4 rings (SSSR count). The number of carbonyl (C=O) groups excluding carboxylic acids is 1. The maximum atomic E-state index is 12.3. The summed E-state index contributed by atoms with van der Waals surface area (Å²) in [6.07, 6.45) is 3.39. The summed E-state index contributed by atoms with van der Waals surface area (Å²) in [6, 6.07) is 15.6. The first kappa shape index (κ1) is 23.4. The summed E-state index contributed by atoms with van der Waals surface area (Å²) in [5.74, 6) is 0.232. The number of nitrogens with zero attached hydrogens (tertiary/aromatic N) is 1.